The van der Waals surface area contributed by atoms with Crippen LogP contribution in [-0.4, -0.2) is 30.5 Å². The van der Waals surface area contributed by atoms with Crippen molar-refractivity contribution in [1.29, 1.82) is 0 Å². The van der Waals surface area contributed by atoms with Gasteiger partial charge in [0.15, 0.2) is 5.78 Å². The Morgan fingerprint density at radius 2 is 2.07 bits per heavy atom. The maximum absolute atomic E-state index is 13.1. The van der Waals surface area contributed by atoms with Crippen LogP contribution in [-0.2, 0) is 23.4 Å². The molecule has 3 aromatic heterocycles. The van der Waals surface area contributed by atoms with Crippen molar-refractivity contribution in [2.24, 2.45) is 0 Å². The number of rotatable bonds is 1. The molecule has 1 atom stereocenters. The number of hydrogen-bond acceptors (Lipinski definition) is 6. The van der Waals surface area contributed by atoms with Crippen LogP contribution in [0.2, 0.25) is 0 Å². The van der Waals surface area contributed by atoms with E-state index in [0.29, 0.717) is 46.4 Å². The standard InChI is InChI=1S/C20H17N3O4/c1-2-20(27)13-8-15-17-10(7-12-14(22-17)5-6-21-18(12)25)9-23(15)19(26)11(13)3-4-16(20)24/h5-8,27H,2-4,9H2,1H3,(H,21,25)/t20-/m0/s1. The van der Waals surface area contributed by atoms with Crippen molar-refractivity contribution in [2.75, 3.05) is 0 Å². The van der Waals surface area contributed by atoms with Gasteiger partial charge in [0.05, 0.1) is 28.8 Å². The van der Waals surface area contributed by atoms with Crippen LogP contribution in [0.5, 0.6) is 5.88 Å². The minimum atomic E-state index is -1.62. The van der Waals surface area contributed by atoms with Gasteiger partial charge in [0.1, 0.15) is 5.60 Å². The number of aliphatic hydroxyl groups is 1. The van der Waals surface area contributed by atoms with E-state index in [4.69, 9.17) is 0 Å². The predicted molar refractivity (Wildman–Crippen MR) is 97.5 cm³/mol. The van der Waals surface area contributed by atoms with E-state index in [2.05, 4.69) is 9.97 Å². The highest BCUT2D eigenvalue weighted by Crippen LogP contribution is 2.39. The molecule has 2 N–H and O–H groups in total. The number of Topliss-reactive ketones (excluding diaryl/α,β-unsaturated/α-hetero) is 1. The highest BCUT2D eigenvalue weighted by Gasteiger charge is 2.43. The van der Waals surface area contributed by atoms with Crippen molar-refractivity contribution in [3.8, 4) is 17.3 Å². The van der Waals surface area contributed by atoms with E-state index in [1.165, 1.54) is 6.20 Å². The van der Waals surface area contributed by atoms with Gasteiger partial charge >= 0.3 is 0 Å². The maximum atomic E-state index is 13.1. The van der Waals surface area contributed by atoms with Crippen molar-refractivity contribution in [3.05, 3.63) is 51.4 Å². The van der Waals surface area contributed by atoms with Gasteiger partial charge in [-0.1, -0.05) is 6.92 Å². The Hall–Kier alpha value is -3.06. The molecule has 0 fully saturated rings. The van der Waals surface area contributed by atoms with E-state index >= 15 is 0 Å². The van der Waals surface area contributed by atoms with Crippen LogP contribution in [0, 0.1) is 0 Å². The first-order chi connectivity index (χ1) is 12.9. The Balaban J connectivity index is 1.81. The van der Waals surface area contributed by atoms with Crippen LogP contribution in [0.15, 0.2) is 29.2 Å². The number of nitrogens with zero attached hydrogens (tertiary/aromatic N) is 3. The zero-order valence-electron chi connectivity index (χ0n) is 14.7. The first-order valence-corrected chi connectivity index (χ1v) is 8.95. The van der Waals surface area contributed by atoms with E-state index in [1.54, 1.807) is 29.7 Å². The first kappa shape index (κ1) is 16.1. The number of carbonyl (C=O) groups excluding carboxylic acids is 1. The molecule has 0 saturated heterocycles. The molecule has 1 aliphatic carbocycles. The van der Waals surface area contributed by atoms with Crippen LogP contribution >= 0.6 is 0 Å². The normalized spacial score (nSPS) is 20.4. The Morgan fingerprint density at radius 1 is 1.26 bits per heavy atom. The van der Waals surface area contributed by atoms with Crippen molar-refractivity contribution >= 4 is 16.7 Å². The van der Waals surface area contributed by atoms with Crippen molar-refractivity contribution in [3.63, 3.8) is 0 Å². The SMILES string of the molecule is CC[C@@]1(O)C(=O)CCc2c1cc1n(c2=O)Cc2cc3c(O)nccc3nc2-1. The molecule has 3 aromatic rings. The quantitative estimate of drug-likeness (QED) is 0.533. The molecule has 0 unspecified atom stereocenters. The van der Waals surface area contributed by atoms with E-state index < -0.39 is 5.60 Å². The monoisotopic (exact) mass is 363 g/mol. The average Bonchev–Trinajstić information content (AvgIpc) is 3.02. The van der Waals surface area contributed by atoms with Crippen molar-refractivity contribution in [2.45, 2.75) is 38.3 Å². The maximum Gasteiger partial charge on any atom is 0.254 e. The van der Waals surface area contributed by atoms with E-state index in [0.717, 1.165) is 5.56 Å². The van der Waals surface area contributed by atoms with Gasteiger partial charge in [0.25, 0.3) is 5.56 Å². The molecule has 1 aliphatic heterocycles. The van der Waals surface area contributed by atoms with Gasteiger partial charge in [0, 0.05) is 29.3 Å². The second-order valence-electron chi connectivity index (χ2n) is 7.15. The lowest BCUT2D eigenvalue weighted by Crippen LogP contribution is -2.43. The second-order valence-corrected chi connectivity index (χ2v) is 7.15. The molecular weight excluding hydrogens is 346 g/mol. The molecular formula is C20H17N3O4. The molecule has 0 saturated carbocycles. The number of fused-ring (bicyclic) bond motifs is 5. The molecule has 7 heteroatoms. The Morgan fingerprint density at radius 3 is 2.85 bits per heavy atom. The lowest BCUT2D eigenvalue weighted by Gasteiger charge is -2.32. The topological polar surface area (TPSA) is 105 Å². The molecule has 4 heterocycles. The Bertz CT molecular complexity index is 1210. The molecule has 136 valence electrons. The predicted octanol–water partition coefficient (Wildman–Crippen LogP) is 1.64. The molecule has 27 heavy (non-hydrogen) atoms. The van der Waals surface area contributed by atoms with Crippen LogP contribution in [0.1, 0.15) is 36.5 Å². The third kappa shape index (κ3) is 2.00. The Labute approximate surface area is 153 Å². The molecule has 5 rings (SSSR count). The molecule has 7 nitrogen and oxygen atoms in total. The number of pyridine rings is 3. The van der Waals surface area contributed by atoms with Gasteiger partial charge in [-0.15, -0.1) is 0 Å². The third-order valence-corrected chi connectivity index (χ3v) is 5.79. The van der Waals surface area contributed by atoms with Crippen molar-refractivity contribution < 1.29 is 15.0 Å². The van der Waals surface area contributed by atoms with E-state index in [9.17, 15) is 19.8 Å². The van der Waals surface area contributed by atoms with Crippen LogP contribution in [0.25, 0.3) is 22.3 Å². The number of aromatic hydroxyl groups is 1. The fourth-order valence-electron chi connectivity index (χ4n) is 4.27. The molecule has 0 radical (unpaired) electrons. The minimum Gasteiger partial charge on any atom is -0.493 e. The van der Waals surface area contributed by atoms with Gasteiger partial charge in [0.2, 0.25) is 5.88 Å². The summed E-state index contributed by atoms with van der Waals surface area (Å²) in [5.74, 6) is -0.348. The van der Waals surface area contributed by atoms with Gasteiger partial charge in [-0.3, -0.25) is 9.59 Å². The van der Waals surface area contributed by atoms with E-state index in [-0.39, 0.29) is 30.1 Å². The summed E-state index contributed by atoms with van der Waals surface area (Å²) in [4.78, 5) is 34.0. The van der Waals surface area contributed by atoms with Crippen LogP contribution in [0.4, 0.5) is 0 Å². The zero-order valence-corrected chi connectivity index (χ0v) is 14.7. The van der Waals surface area contributed by atoms with Crippen LogP contribution in [0.3, 0.4) is 0 Å². The summed E-state index contributed by atoms with van der Waals surface area (Å²) >= 11 is 0. The number of hydrogen-bond donors (Lipinski definition) is 2. The van der Waals surface area contributed by atoms with Crippen LogP contribution < -0.4 is 5.56 Å². The molecule has 2 aliphatic rings. The Kier molecular flexibility index (Phi) is 3.13. The van der Waals surface area contributed by atoms with Gasteiger partial charge in [-0.25, -0.2) is 9.97 Å². The number of aromatic nitrogens is 3. The minimum absolute atomic E-state index is 0.101. The molecule has 0 bridgehead atoms. The summed E-state index contributed by atoms with van der Waals surface area (Å²) in [6, 6.07) is 5.23. The smallest absolute Gasteiger partial charge is 0.254 e. The summed E-state index contributed by atoms with van der Waals surface area (Å²) in [7, 11) is 0. The number of carbonyl (C=O) groups is 1. The highest BCUT2D eigenvalue weighted by molar-refractivity contribution is 5.91. The van der Waals surface area contributed by atoms with Gasteiger partial charge in [-0.05, 0) is 31.0 Å². The highest BCUT2D eigenvalue weighted by atomic mass is 16.3. The zero-order chi connectivity index (χ0) is 18.9. The second kappa shape index (κ2) is 5.23. The third-order valence-electron chi connectivity index (χ3n) is 5.79. The van der Waals surface area contributed by atoms with Gasteiger partial charge in [-0.2, -0.15) is 0 Å². The molecule has 0 amide bonds. The summed E-state index contributed by atoms with van der Waals surface area (Å²) in [6.45, 7) is 2.08. The fraction of sp³-hybridized carbons (Fsp3) is 0.300. The fourth-order valence-corrected chi connectivity index (χ4v) is 4.27. The van der Waals surface area contributed by atoms with Gasteiger partial charge < -0.3 is 14.8 Å². The average molecular weight is 363 g/mol. The lowest BCUT2D eigenvalue weighted by molar-refractivity contribution is -0.140. The summed E-state index contributed by atoms with van der Waals surface area (Å²) in [5, 5.41) is 21.5. The molecule has 0 aromatic carbocycles. The summed E-state index contributed by atoms with van der Waals surface area (Å²) < 4.78 is 1.63. The van der Waals surface area contributed by atoms with Crippen molar-refractivity contribution in [1.82, 2.24) is 14.5 Å². The lowest BCUT2D eigenvalue weighted by atomic mass is 9.77. The van der Waals surface area contributed by atoms with E-state index in [1.807, 2.05) is 0 Å². The number of ketones is 1. The first-order valence-electron chi connectivity index (χ1n) is 8.95. The molecule has 0 spiro atoms. The summed E-state index contributed by atoms with van der Waals surface area (Å²) in [5.41, 5.74) is 1.70. The largest absolute Gasteiger partial charge is 0.493 e. The summed E-state index contributed by atoms with van der Waals surface area (Å²) in [6.07, 6.45) is 2.20.